The lowest BCUT2D eigenvalue weighted by Crippen LogP contribution is -2.08. The molecule has 0 saturated carbocycles. The number of benzene rings is 2. The van der Waals surface area contributed by atoms with Gasteiger partial charge in [-0.1, -0.05) is 30.3 Å². The molecule has 0 unspecified atom stereocenters. The van der Waals surface area contributed by atoms with E-state index in [0.29, 0.717) is 16.7 Å². The Balaban J connectivity index is 1.94. The average molecular weight is 371 g/mol. The molecule has 6 nitrogen and oxygen atoms in total. The largest absolute Gasteiger partial charge is 0.461 e. The number of nitrogens with zero attached hydrogens (tertiary/aromatic N) is 3. The molecule has 0 radical (unpaired) electrons. The number of aromatic nitrogens is 2. The highest BCUT2D eigenvalue weighted by Crippen LogP contribution is 2.16. The van der Waals surface area contributed by atoms with Gasteiger partial charge in [0.1, 0.15) is 0 Å². The summed E-state index contributed by atoms with van der Waals surface area (Å²) in [5.74, 6) is -0.838. The van der Waals surface area contributed by atoms with Crippen LogP contribution in [0.2, 0.25) is 0 Å². The molecule has 6 heteroatoms. The molecule has 0 saturated heterocycles. The molecule has 0 amide bonds. The van der Waals surface area contributed by atoms with Crippen molar-refractivity contribution in [3.63, 3.8) is 0 Å². The third-order valence-corrected chi connectivity index (χ3v) is 3.92. The van der Waals surface area contributed by atoms with Gasteiger partial charge in [0.05, 0.1) is 23.9 Å². The number of esters is 1. The molecular weight excluding hydrogens is 354 g/mol. The minimum atomic E-state index is -0.559. The fourth-order valence-electron chi connectivity index (χ4n) is 2.58. The SMILES string of the molecule is CCOC(=O)c1nn(-c2ccccc2)cc1C=CC(=O)c1cccc(C#N)c1. The molecule has 0 aliphatic heterocycles. The van der Waals surface area contributed by atoms with Crippen LogP contribution in [-0.4, -0.2) is 28.1 Å². The minimum Gasteiger partial charge on any atom is -0.461 e. The normalized spacial score (nSPS) is 10.6. The first-order valence-electron chi connectivity index (χ1n) is 8.67. The van der Waals surface area contributed by atoms with Gasteiger partial charge >= 0.3 is 5.97 Å². The smallest absolute Gasteiger partial charge is 0.359 e. The predicted molar refractivity (Wildman–Crippen MR) is 104 cm³/mol. The molecule has 28 heavy (non-hydrogen) atoms. The zero-order valence-corrected chi connectivity index (χ0v) is 15.2. The Morgan fingerprint density at radius 3 is 2.68 bits per heavy atom. The summed E-state index contributed by atoms with van der Waals surface area (Å²) in [4.78, 5) is 24.7. The lowest BCUT2D eigenvalue weighted by molar-refractivity contribution is 0.0518. The average Bonchev–Trinajstić information content (AvgIpc) is 3.17. The van der Waals surface area contributed by atoms with Crippen LogP contribution in [0, 0.1) is 11.3 Å². The molecule has 3 aromatic rings. The van der Waals surface area contributed by atoms with Crippen LogP contribution in [0.5, 0.6) is 0 Å². The summed E-state index contributed by atoms with van der Waals surface area (Å²) in [6.45, 7) is 1.94. The van der Waals surface area contributed by atoms with Gasteiger partial charge in [0, 0.05) is 17.3 Å². The van der Waals surface area contributed by atoms with Crippen molar-refractivity contribution in [1.82, 2.24) is 9.78 Å². The number of rotatable bonds is 6. The van der Waals surface area contributed by atoms with E-state index in [2.05, 4.69) is 5.10 Å². The standard InChI is InChI=1S/C22H17N3O3/c1-2-28-22(27)21-18(15-25(24-21)19-9-4-3-5-10-19)11-12-20(26)17-8-6-7-16(13-17)14-23/h3-13,15H,2H2,1H3. The first kappa shape index (κ1) is 18.8. The highest BCUT2D eigenvalue weighted by molar-refractivity contribution is 6.07. The molecule has 0 spiro atoms. The number of carbonyl (C=O) groups is 2. The van der Waals surface area contributed by atoms with Crippen LogP contribution in [0.3, 0.4) is 0 Å². The Bertz CT molecular complexity index is 1080. The Morgan fingerprint density at radius 2 is 1.96 bits per heavy atom. The third kappa shape index (κ3) is 4.22. The van der Waals surface area contributed by atoms with Gasteiger partial charge in [0.15, 0.2) is 11.5 Å². The van der Waals surface area contributed by atoms with Crippen molar-refractivity contribution in [3.8, 4) is 11.8 Å². The van der Waals surface area contributed by atoms with Crippen LogP contribution in [0.4, 0.5) is 0 Å². The van der Waals surface area contributed by atoms with Crippen LogP contribution >= 0.6 is 0 Å². The first-order valence-corrected chi connectivity index (χ1v) is 8.67. The molecule has 0 atom stereocenters. The zero-order chi connectivity index (χ0) is 19.9. The highest BCUT2D eigenvalue weighted by Gasteiger charge is 2.17. The lowest BCUT2D eigenvalue weighted by Gasteiger charge is -2.00. The monoisotopic (exact) mass is 371 g/mol. The third-order valence-electron chi connectivity index (χ3n) is 3.92. The molecule has 138 valence electrons. The van der Waals surface area contributed by atoms with Gasteiger partial charge < -0.3 is 4.74 Å². The number of carbonyl (C=O) groups excluding carboxylic acids is 2. The number of ether oxygens (including phenoxy) is 1. The quantitative estimate of drug-likeness (QED) is 0.374. The Kier molecular flexibility index (Phi) is 5.78. The summed E-state index contributed by atoms with van der Waals surface area (Å²) < 4.78 is 6.63. The number of hydrogen-bond donors (Lipinski definition) is 0. The topological polar surface area (TPSA) is 85.0 Å². The predicted octanol–water partition coefficient (Wildman–Crippen LogP) is 3.82. The molecule has 0 bridgehead atoms. The van der Waals surface area contributed by atoms with Crippen LogP contribution in [0.15, 0.2) is 66.9 Å². The van der Waals surface area contributed by atoms with Crippen molar-refractivity contribution in [1.29, 1.82) is 5.26 Å². The van der Waals surface area contributed by atoms with Crippen LogP contribution < -0.4 is 0 Å². The van der Waals surface area contributed by atoms with E-state index in [9.17, 15) is 9.59 Å². The number of hydrogen-bond acceptors (Lipinski definition) is 5. The maximum absolute atomic E-state index is 12.4. The summed E-state index contributed by atoms with van der Waals surface area (Å²) in [5, 5.41) is 13.3. The highest BCUT2D eigenvalue weighted by atomic mass is 16.5. The second kappa shape index (κ2) is 8.60. The second-order valence-electron chi connectivity index (χ2n) is 5.82. The second-order valence-corrected chi connectivity index (χ2v) is 5.82. The van der Waals surface area contributed by atoms with Crippen molar-refractivity contribution >= 4 is 17.8 Å². The van der Waals surface area contributed by atoms with Gasteiger partial charge in [-0.3, -0.25) is 4.79 Å². The molecule has 0 N–H and O–H groups in total. The fraction of sp³-hybridized carbons (Fsp3) is 0.0909. The number of nitriles is 1. The number of allylic oxidation sites excluding steroid dienone is 1. The molecule has 0 fully saturated rings. The molecular formula is C22H17N3O3. The molecule has 0 aliphatic rings. The summed E-state index contributed by atoms with van der Waals surface area (Å²) in [7, 11) is 0. The van der Waals surface area contributed by atoms with E-state index in [-0.39, 0.29) is 18.1 Å². The lowest BCUT2D eigenvalue weighted by atomic mass is 10.1. The number of para-hydroxylation sites is 1. The van der Waals surface area contributed by atoms with E-state index in [4.69, 9.17) is 10.00 Å². The van der Waals surface area contributed by atoms with E-state index < -0.39 is 5.97 Å². The van der Waals surface area contributed by atoms with Gasteiger partial charge in [-0.15, -0.1) is 0 Å². The molecule has 1 aromatic heterocycles. The van der Waals surface area contributed by atoms with Crippen molar-refractivity contribution in [2.75, 3.05) is 6.61 Å². The maximum Gasteiger partial charge on any atom is 0.359 e. The zero-order valence-electron chi connectivity index (χ0n) is 15.2. The summed E-state index contributed by atoms with van der Waals surface area (Å²) >= 11 is 0. The van der Waals surface area contributed by atoms with Gasteiger partial charge in [0.2, 0.25) is 0 Å². The fourth-order valence-corrected chi connectivity index (χ4v) is 2.58. The Hall–Kier alpha value is -3.98. The van der Waals surface area contributed by atoms with E-state index in [0.717, 1.165) is 5.69 Å². The van der Waals surface area contributed by atoms with Crippen LogP contribution in [-0.2, 0) is 4.74 Å². The summed E-state index contributed by atoms with van der Waals surface area (Å²) in [5.41, 5.74) is 2.17. The molecule has 1 heterocycles. The van der Waals surface area contributed by atoms with Crippen LogP contribution in [0.25, 0.3) is 11.8 Å². The van der Waals surface area contributed by atoms with Crippen molar-refractivity contribution in [2.24, 2.45) is 0 Å². The summed E-state index contributed by atoms with van der Waals surface area (Å²) in [6.07, 6.45) is 4.54. The molecule has 0 aliphatic carbocycles. The molecule has 3 rings (SSSR count). The van der Waals surface area contributed by atoms with Gasteiger partial charge in [0.25, 0.3) is 0 Å². The van der Waals surface area contributed by atoms with Crippen LogP contribution in [0.1, 0.15) is 38.9 Å². The van der Waals surface area contributed by atoms with Gasteiger partial charge in [-0.2, -0.15) is 10.4 Å². The van der Waals surface area contributed by atoms with Gasteiger partial charge in [-0.05, 0) is 43.3 Å². The van der Waals surface area contributed by atoms with E-state index in [1.807, 2.05) is 36.4 Å². The van der Waals surface area contributed by atoms with E-state index in [1.54, 1.807) is 36.0 Å². The number of ketones is 1. The van der Waals surface area contributed by atoms with Gasteiger partial charge in [-0.25, -0.2) is 9.48 Å². The van der Waals surface area contributed by atoms with E-state index in [1.165, 1.54) is 18.2 Å². The van der Waals surface area contributed by atoms with E-state index >= 15 is 0 Å². The first-order chi connectivity index (χ1) is 13.6. The van der Waals surface area contributed by atoms with Crippen molar-refractivity contribution in [3.05, 3.63) is 89.3 Å². The maximum atomic E-state index is 12.4. The van der Waals surface area contributed by atoms with Crippen molar-refractivity contribution < 1.29 is 14.3 Å². The Labute approximate surface area is 162 Å². The summed E-state index contributed by atoms with van der Waals surface area (Å²) in [6, 6.07) is 17.8. The molecule has 2 aromatic carbocycles. The Morgan fingerprint density at radius 1 is 1.18 bits per heavy atom. The minimum absolute atomic E-state index is 0.125. The van der Waals surface area contributed by atoms with Crippen molar-refractivity contribution in [2.45, 2.75) is 6.92 Å².